The van der Waals surface area contributed by atoms with Crippen LogP contribution in [0.5, 0.6) is 0 Å². The van der Waals surface area contributed by atoms with Gasteiger partial charge in [-0.15, -0.1) is 0 Å². The van der Waals surface area contributed by atoms with Gasteiger partial charge in [0.2, 0.25) is 11.8 Å². The minimum atomic E-state index is -3.95. The molecule has 0 radical (unpaired) electrons. The Kier molecular flexibility index (Phi) is 14.0. The van der Waals surface area contributed by atoms with Crippen LogP contribution in [0.3, 0.4) is 0 Å². The number of hydrogen-bond acceptors (Lipinski definition) is 14. The molecule has 8 N–H and O–H groups in total. The number of carboxylic acid groups (broad SMARTS) is 1. The number of ether oxygens (including phenoxy) is 3. The summed E-state index contributed by atoms with van der Waals surface area (Å²) in [5, 5.41) is 19.4. The number of anilines is 1. The highest BCUT2D eigenvalue weighted by Crippen LogP contribution is 2.19. The molecule has 2 amide bonds. The van der Waals surface area contributed by atoms with Crippen molar-refractivity contribution in [3.63, 3.8) is 0 Å². The number of aldehydes is 1. The van der Waals surface area contributed by atoms with Crippen LogP contribution in [0.15, 0.2) is 17.1 Å². The molecule has 0 aromatic carbocycles. The van der Waals surface area contributed by atoms with Crippen LogP contribution >= 0.6 is 0 Å². The number of sulfone groups is 1. The summed E-state index contributed by atoms with van der Waals surface area (Å²) in [6.07, 6.45) is -0.167. The first-order chi connectivity index (χ1) is 18.0. The molecule has 0 spiro atoms. The van der Waals surface area contributed by atoms with Crippen LogP contribution in [0, 0.1) is 0 Å². The number of nitrogens with two attached hydrogens (primary N) is 2. The molecule has 3 unspecified atom stereocenters. The molecule has 1 aromatic heterocycles. The van der Waals surface area contributed by atoms with Crippen LogP contribution < -0.4 is 28.0 Å². The highest BCUT2D eigenvalue weighted by Gasteiger charge is 2.30. The zero-order chi connectivity index (χ0) is 28.7. The third-order valence-corrected chi connectivity index (χ3v) is 6.29. The maximum atomic E-state index is 12.5. The first-order valence-corrected chi connectivity index (χ1v) is 12.7. The standard InChI is InChI=1S/C19H27N5O11S.H3NO/c20-13-3-4-24(19(30)23-13)15-9-34-17(35-15)10-33-6-7-36(31,32)11-12(18(29)21-8-16(27)28)22-14(26)2-1-5-25;1-2/h3-5,12,15,17H,1-2,6-11H2,(H,21,29)(H,22,26)(H,27,28)(H2,20,23,30);2H,1H2. The zero-order valence-electron chi connectivity index (χ0n) is 20.1. The van der Waals surface area contributed by atoms with E-state index in [1.54, 1.807) is 0 Å². The Morgan fingerprint density at radius 2 is 2.05 bits per heavy atom. The summed E-state index contributed by atoms with van der Waals surface area (Å²) < 4.78 is 42.3. The number of carboxylic acids is 1. The van der Waals surface area contributed by atoms with Gasteiger partial charge in [0, 0.05) is 19.0 Å². The molecular formula is C19H30N6O12S. The maximum absolute atomic E-state index is 12.5. The number of rotatable bonds is 15. The predicted molar refractivity (Wildman–Crippen MR) is 126 cm³/mol. The molecule has 2 heterocycles. The number of nitrogen functional groups attached to an aromatic ring is 1. The minimum absolute atomic E-state index is 0.0226. The molecule has 2 rings (SSSR count). The van der Waals surface area contributed by atoms with Gasteiger partial charge in [-0.05, 0) is 6.07 Å². The molecule has 1 aliphatic rings. The molecule has 19 heteroatoms. The normalized spacial score (nSPS) is 17.5. The second-order valence-corrected chi connectivity index (χ2v) is 9.75. The van der Waals surface area contributed by atoms with Crippen molar-refractivity contribution in [2.75, 3.05) is 43.6 Å². The number of aliphatic carboxylic acids is 1. The molecule has 1 aromatic rings. The van der Waals surface area contributed by atoms with Gasteiger partial charge in [0.25, 0.3) is 0 Å². The number of amides is 2. The molecule has 38 heavy (non-hydrogen) atoms. The second kappa shape index (κ2) is 16.4. The fourth-order valence-corrected chi connectivity index (χ4v) is 4.23. The van der Waals surface area contributed by atoms with Crippen LogP contribution in [0.25, 0.3) is 0 Å². The Hall–Kier alpha value is -3.49. The first kappa shape index (κ1) is 32.5. The maximum Gasteiger partial charge on any atom is 0.351 e. The van der Waals surface area contributed by atoms with Gasteiger partial charge < -0.3 is 45.7 Å². The van der Waals surface area contributed by atoms with Crippen LogP contribution in [0.2, 0.25) is 0 Å². The van der Waals surface area contributed by atoms with E-state index in [0.717, 1.165) is 0 Å². The van der Waals surface area contributed by atoms with Gasteiger partial charge in [0.1, 0.15) is 24.7 Å². The van der Waals surface area contributed by atoms with Gasteiger partial charge in [0.05, 0.1) is 31.3 Å². The Balaban J connectivity index is 0.00000352. The largest absolute Gasteiger partial charge is 0.480 e. The van der Waals surface area contributed by atoms with Crippen molar-refractivity contribution in [2.45, 2.75) is 31.4 Å². The fraction of sp³-hybridized carbons (Fsp3) is 0.579. The lowest BCUT2D eigenvalue weighted by Gasteiger charge is -2.18. The van der Waals surface area contributed by atoms with Crippen LogP contribution in [-0.4, -0.2) is 103 Å². The van der Waals surface area contributed by atoms with Crippen molar-refractivity contribution in [2.24, 2.45) is 5.90 Å². The average molecular weight is 567 g/mol. The topological polar surface area (TPSA) is 282 Å². The lowest BCUT2D eigenvalue weighted by molar-refractivity contribution is -0.138. The molecule has 1 saturated heterocycles. The Bertz CT molecular complexity index is 1110. The van der Waals surface area contributed by atoms with Crippen molar-refractivity contribution < 1.29 is 52.1 Å². The molecule has 1 aliphatic heterocycles. The van der Waals surface area contributed by atoms with Crippen LogP contribution in [-0.2, 0) is 43.2 Å². The third kappa shape index (κ3) is 11.7. The van der Waals surface area contributed by atoms with E-state index in [4.69, 9.17) is 30.3 Å². The monoisotopic (exact) mass is 566 g/mol. The molecule has 214 valence electrons. The van der Waals surface area contributed by atoms with E-state index >= 15 is 0 Å². The van der Waals surface area contributed by atoms with Gasteiger partial charge in [-0.1, -0.05) is 0 Å². The summed E-state index contributed by atoms with van der Waals surface area (Å²) in [5.74, 6) is -0.908. The quantitative estimate of drug-likeness (QED) is 0.0672. The van der Waals surface area contributed by atoms with Gasteiger partial charge in [0.15, 0.2) is 22.4 Å². The SMILES string of the molecule is NO.Nc1ccn(C2COC(COCCS(=O)(=O)CC(NC(=O)CCC=O)C(=O)NCC(=O)O)O2)c(=O)n1. The van der Waals surface area contributed by atoms with Gasteiger partial charge in [-0.3, -0.25) is 19.0 Å². The molecular weight excluding hydrogens is 536 g/mol. The Morgan fingerprint density at radius 3 is 2.68 bits per heavy atom. The van der Waals surface area contributed by atoms with Crippen LogP contribution in [0.1, 0.15) is 19.1 Å². The van der Waals surface area contributed by atoms with Gasteiger partial charge in [-0.25, -0.2) is 19.1 Å². The predicted octanol–water partition coefficient (Wildman–Crippen LogP) is -3.87. The van der Waals surface area contributed by atoms with E-state index < -0.39 is 69.9 Å². The first-order valence-electron chi connectivity index (χ1n) is 10.9. The lowest BCUT2D eigenvalue weighted by atomic mass is 10.2. The van der Waals surface area contributed by atoms with E-state index in [1.165, 1.54) is 16.8 Å². The molecule has 3 atom stereocenters. The van der Waals surface area contributed by atoms with E-state index in [1.807, 2.05) is 5.32 Å². The van der Waals surface area contributed by atoms with E-state index in [9.17, 15) is 32.4 Å². The van der Waals surface area contributed by atoms with Crippen molar-refractivity contribution >= 4 is 39.7 Å². The number of hydrogen-bond donors (Lipinski definition) is 6. The highest BCUT2D eigenvalue weighted by atomic mass is 32.2. The number of carbonyl (C=O) groups excluding carboxylic acids is 3. The zero-order valence-corrected chi connectivity index (χ0v) is 20.9. The van der Waals surface area contributed by atoms with Crippen molar-refractivity contribution in [3.8, 4) is 0 Å². The summed E-state index contributed by atoms with van der Waals surface area (Å²) in [6, 6.07) is -0.151. The number of nitrogens with zero attached hydrogens (tertiary/aromatic N) is 2. The number of nitrogens with one attached hydrogen (secondary N) is 2. The molecule has 0 saturated carbocycles. The summed E-state index contributed by atoms with van der Waals surface area (Å²) >= 11 is 0. The molecule has 0 aliphatic carbocycles. The van der Waals surface area contributed by atoms with Crippen LogP contribution in [0.4, 0.5) is 5.82 Å². The summed E-state index contributed by atoms with van der Waals surface area (Å²) in [7, 11) is -3.95. The fourth-order valence-electron chi connectivity index (χ4n) is 2.95. The Labute approximate surface area is 216 Å². The summed E-state index contributed by atoms with van der Waals surface area (Å²) in [4.78, 5) is 60.6. The average Bonchev–Trinajstić information content (AvgIpc) is 3.33. The smallest absolute Gasteiger partial charge is 0.351 e. The van der Waals surface area contributed by atoms with E-state index in [0.29, 0.717) is 6.29 Å². The minimum Gasteiger partial charge on any atom is -0.480 e. The Morgan fingerprint density at radius 1 is 1.34 bits per heavy atom. The van der Waals surface area contributed by atoms with Crippen molar-refractivity contribution in [1.82, 2.24) is 20.2 Å². The number of aromatic nitrogens is 2. The van der Waals surface area contributed by atoms with E-state index in [-0.39, 0.29) is 38.5 Å². The van der Waals surface area contributed by atoms with Gasteiger partial charge in [-0.2, -0.15) is 4.98 Å². The van der Waals surface area contributed by atoms with Crippen molar-refractivity contribution in [3.05, 3.63) is 22.7 Å². The van der Waals surface area contributed by atoms with Gasteiger partial charge >= 0.3 is 11.7 Å². The molecule has 1 fully saturated rings. The van der Waals surface area contributed by atoms with Crippen molar-refractivity contribution in [1.29, 1.82) is 0 Å². The summed E-state index contributed by atoms with van der Waals surface area (Å²) in [5.41, 5.74) is 4.81. The molecule has 0 bridgehead atoms. The highest BCUT2D eigenvalue weighted by molar-refractivity contribution is 7.91. The number of carbonyl (C=O) groups is 4. The second-order valence-electron chi connectivity index (χ2n) is 7.52. The molecule has 18 nitrogen and oxygen atoms in total. The summed E-state index contributed by atoms with van der Waals surface area (Å²) in [6.45, 7) is -1.21. The van der Waals surface area contributed by atoms with E-state index in [2.05, 4.69) is 16.2 Å². The lowest BCUT2D eigenvalue weighted by Crippen LogP contribution is -2.51. The third-order valence-electron chi connectivity index (χ3n) is 4.66.